The zero-order chi connectivity index (χ0) is 21.7. The second-order valence-electron chi connectivity index (χ2n) is 6.52. The minimum atomic E-state index is -1.08. The van der Waals surface area contributed by atoms with Gasteiger partial charge < -0.3 is 19.8 Å². The molecule has 29 heavy (non-hydrogen) atoms. The number of benzene rings is 1. The van der Waals surface area contributed by atoms with Crippen LogP contribution in [0.15, 0.2) is 24.3 Å². The van der Waals surface area contributed by atoms with Crippen molar-refractivity contribution in [3.05, 3.63) is 52.3 Å². The van der Waals surface area contributed by atoms with E-state index in [0.29, 0.717) is 22.5 Å². The van der Waals surface area contributed by atoms with Gasteiger partial charge in [0.2, 0.25) is 11.7 Å². The number of carbonyl (C=O) groups is 4. The number of carbonyl (C=O) groups excluding carboxylic acids is 4. The summed E-state index contributed by atoms with van der Waals surface area (Å²) < 4.78 is 10.3. The fourth-order valence-corrected chi connectivity index (χ4v) is 2.92. The molecule has 2 aromatic rings. The van der Waals surface area contributed by atoms with E-state index in [1.54, 1.807) is 32.9 Å². The van der Waals surface area contributed by atoms with Crippen molar-refractivity contribution in [3.8, 4) is 0 Å². The first-order valence-corrected chi connectivity index (χ1v) is 9.14. The van der Waals surface area contributed by atoms with E-state index in [1.165, 1.54) is 26.0 Å². The SMILES string of the molecule is CCOC(=O)c1c(C)[nH]c(C(=O)[C@H](C)OC(=O)c2cccc(NC(C)=O)c2)c1C. The quantitative estimate of drug-likeness (QED) is 0.545. The summed E-state index contributed by atoms with van der Waals surface area (Å²) in [5, 5.41) is 2.58. The smallest absolute Gasteiger partial charge is 0.340 e. The van der Waals surface area contributed by atoms with Crippen molar-refractivity contribution in [1.82, 2.24) is 4.98 Å². The van der Waals surface area contributed by atoms with Crippen LogP contribution < -0.4 is 5.32 Å². The van der Waals surface area contributed by atoms with E-state index >= 15 is 0 Å². The van der Waals surface area contributed by atoms with Crippen LogP contribution in [0, 0.1) is 13.8 Å². The van der Waals surface area contributed by atoms with Gasteiger partial charge >= 0.3 is 11.9 Å². The Morgan fingerprint density at radius 2 is 1.83 bits per heavy atom. The lowest BCUT2D eigenvalue weighted by Gasteiger charge is -2.13. The third-order valence-electron chi connectivity index (χ3n) is 4.24. The highest BCUT2D eigenvalue weighted by atomic mass is 16.5. The summed E-state index contributed by atoms with van der Waals surface area (Å²) in [7, 11) is 0. The fourth-order valence-electron chi connectivity index (χ4n) is 2.92. The maximum Gasteiger partial charge on any atom is 0.340 e. The molecule has 0 saturated heterocycles. The Hall–Kier alpha value is -3.42. The van der Waals surface area contributed by atoms with E-state index in [2.05, 4.69) is 10.3 Å². The second-order valence-corrected chi connectivity index (χ2v) is 6.52. The van der Waals surface area contributed by atoms with Crippen molar-refractivity contribution in [3.63, 3.8) is 0 Å². The molecule has 0 aliphatic heterocycles. The second kappa shape index (κ2) is 9.18. The number of hydrogen-bond acceptors (Lipinski definition) is 6. The van der Waals surface area contributed by atoms with E-state index < -0.39 is 23.8 Å². The maximum atomic E-state index is 12.8. The van der Waals surface area contributed by atoms with Crippen molar-refractivity contribution in [2.24, 2.45) is 0 Å². The molecule has 154 valence electrons. The summed E-state index contributed by atoms with van der Waals surface area (Å²) in [6, 6.07) is 6.21. The van der Waals surface area contributed by atoms with Crippen molar-refractivity contribution in [1.29, 1.82) is 0 Å². The molecule has 2 rings (SSSR count). The maximum absolute atomic E-state index is 12.8. The van der Waals surface area contributed by atoms with Gasteiger partial charge in [0.25, 0.3) is 0 Å². The predicted octanol–water partition coefficient (Wildman–Crippen LogP) is 3.19. The summed E-state index contributed by atoms with van der Waals surface area (Å²) in [4.78, 5) is 51.3. The van der Waals surface area contributed by atoms with Crippen LogP contribution in [0.5, 0.6) is 0 Å². The highest BCUT2D eigenvalue weighted by Crippen LogP contribution is 2.21. The summed E-state index contributed by atoms with van der Waals surface area (Å²) >= 11 is 0. The fraction of sp³-hybridized carbons (Fsp3) is 0.333. The lowest BCUT2D eigenvalue weighted by atomic mass is 10.1. The van der Waals surface area contributed by atoms with Crippen LogP contribution in [0.1, 0.15) is 63.2 Å². The molecule has 0 aliphatic rings. The van der Waals surface area contributed by atoms with Crippen molar-refractivity contribution < 1.29 is 28.7 Å². The minimum Gasteiger partial charge on any atom is -0.462 e. The van der Waals surface area contributed by atoms with Crippen molar-refractivity contribution in [2.45, 2.75) is 40.7 Å². The molecule has 0 spiro atoms. The molecule has 1 amide bonds. The number of amides is 1. The van der Waals surface area contributed by atoms with Gasteiger partial charge in [0, 0.05) is 18.3 Å². The molecule has 1 aromatic heterocycles. The van der Waals surface area contributed by atoms with Crippen LogP contribution in [0.25, 0.3) is 0 Å². The third-order valence-corrected chi connectivity index (χ3v) is 4.24. The molecule has 0 fully saturated rings. The Kier molecular flexibility index (Phi) is 6.93. The molecule has 1 atom stereocenters. The molecular weight excluding hydrogens is 376 g/mol. The molecule has 8 nitrogen and oxygen atoms in total. The van der Waals surface area contributed by atoms with Gasteiger partial charge in [-0.25, -0.2) is 9.59 Å². The topological polar surface area (TPSA) is 115 Å². The molecule has 0 unspecified atom stereocenters. The van der Waals surface area contributed by atoms with E-state index in [-0.39, 0.29) is 23.8 Å². The number of aromatic amines is 1. The monoisotopic (exact) mass is 400 g/mol. The first-order valence-electron chi connectivity index (χ1n) is 9.14. The van der Waals surface area contributed by atoms with E-state index in [9.17, 15) is 19.2 Å². The highest BCUT2D eigenvalue weighted by molar-refractivity contribution is 6.04. The van der Waals surface area contributed by atoms with Gasteiger partial charge in [-0.1, -0.05) is 6.07 Å². The molecule has 0 bridgehead atoms. The molecule has 0 aliphatic carbocycles. The predicted molar refractivity (Wildman–Crippen MR) is 106 cm³/mol. The van der Waals surface area contributed by atoms with Crippen LogP contribution in [-0.4, -0.2) is 41.3 Å². The number of nitrogens with one attached hydrogen (secondary N) is 2. The third kappa shape index (κ3) is 5.10. The zero-order valence-electron chi connectivity index (χ0n) is 17.0. The number of ketones is 1. The van der Waals surface area contributed by atoms with Crippen LogP contribution in [0.3, 0.4) is 0 Å². The molecule has 0 radical (unpaired) electrons. The highest BCUT2D eigenvalue weighted by Gasteiger charge is 2.27. The average Bonchev–Trinajstić information content (AvgIpc) is 2.95. The van der Waals surface area contributed by atoms with Gasteiger partial charge in [-0.3, -0.25) is 9.59 Å². The number of aromatic nitrogens is 1. The van der Waals surface area contributed by atoms with Gasteiger partial charge in [0.15, 0.2) is 6.10 Å². The summed E-state index contributed by atoms with van der Waals surface area (Å²) in [6.45, 7) is 8.03. The van der Waals surface area contributed by atoms with E-state index in [1.807, 2.05) is 0 Å². The zero-order valence-corrected chi connectivity index (χ0v) is 17.0. The molecule has 1 heterocycles. The van der Waals surface area contributed by atoms with Gasteiger partial charge in [-0.15, -0.1) is 0 Å². The Bertz CT molecular complexity index is 960. The number of esters is 2. The molecule has 0 saturated carbocycles. The number of anilines is 1. The lowest BCUT2D eigenvalue weighted by Crippen LogP contribution is -2.25. The largest absolute Gasteiger partial charge is 0.462 e. The Balaban J connectivity index is 2.17. The first kappa shape index (κ1) is 21.9. The number of Topliss-reactive ketones (excluding diaryl/α,β-unsaturated/α-hetero) is 1. The van der Waals surface area contributed by atoms with Gasteiger partial charge in [0.1, 0.15) is 0 Å². The molecule has 8 heteroatoms. The van der Waals surface area contributed by atoms with Crippen molar-refractivity contribution in [2.75, 3.05) is 11.9 Å². The standard InChI is InChI=1S/C21H24N2O6/c1-6-28-21(27)17-11(2)18(22-12(17)3)19(25)13(4)29-20(26)15-8-7-9-16(10-15)23-14(5)24/h7-10,13,22H,6H2,1-5H3,(H,23,24)/t13-/m0/s1. The van der Waals surface area contributed by atoms with Crippen LogP contribution in [-0.2, 0) is 14.3 Å². The first-order chi connectivity index (χ1) is 13.6. The molecule has 1 aromatic carbocycles. The van der Waals surface area contributed by atoms with Gasteiger partial charge in [-0.2, -0.15) is 0 Å². The summed E-state index contributed by atoms with van der Waals surface area (Å²) in [6.07, 6.45) is -1.08. The Morgan fingerprint density at radius 3 is 2.45 bits per heavy atom. The Morgan fingerprint density at radius 1 is 1.14 bits per heavy atom. The van der Waals surface area contributed by atoms with E-state index in [4.69, 9.17) is 9.47 Å². The minimum absolute atomic E-state index is 0.192. The van der Waals surface area contributed by atoms with Crippen LogP contribution in [0.4, 0.5) is 5.69 Å². The number of H-pyrrole nitrogens is 1. The Labute approximate surface area is 168 Å². The number of ether oxygens (including phenoxy) is 2. The lowest BCUT2D eigenvalue weighted by molar-refractivity contribution is -0.114. The summed E-state index contributed by atoms with van der Waals surface area (Å²) in [5.74, 6) is -1.96. The van der Waals surface area contributed by atoms with Gasteiger partial charge in [0.05, 0.1) is 23.4 Å². The molecule has 2 N–H and O–H groups in total. The van der Waals surface area contributed by atoms with Crippen LogP contribution >= 0.6 is 0 Å². The van der Waals surface area contributed by atoms with Gasteiger partial charge in [-0.05, 0) is 51.5 Å². The number of hydrogen-bond donors (Lipinski definition) is 2. The number of rotatable bonds is 7. The molecular formula is C21H24N2O6. The number of aryl methyl sites for hydroxylation is 1. The van der Waals surface area contributed by atoms with E-state index in [0.717, 1.165) is 0 Å². The normalized spacial score (nSPS) is 11.5. The average molecular weight is 400 g/mol. The van der Waals surface area contributed by atoms with Crippen molar-refractivity contribution >= 4 is 29.3 Å². The van der Waals surface area contributed by atoms with Crippen LogP contribution in [0.2, 0.25) is 0 Å². The summed E-state index contributed by atoms with van der Waals surface area (Å²) in [5.41, 5.74) is 2.09.